The predicted octanol–water partition coefficient (Wildman–Crippen LogP) is 5.66. The van der Waals surface area contributed by atoms with Crippen LogP contribution in [0, 0.1) is 0 Å². The van der Waals surface area contributed by atoms with Crippen molar-refractivity contribution in [3.63, 3.8) is 0 Å². The molecule has 35 heavy (non-hydrogen) atoms. The molecule has 0 atom stereocenters. The number of amides is 2. The van der Waals surface area contributed by atoms with E-state index < -0.39 is 11.5 Å². The number of nitrogens with two attached hydrogens (primary N) is 1. The van der Waals surface area contributed by atoms with E-state index in [9.17, 15) is 9.59 Å². The number of hydrogen-bond donors (Lipinski definition) is 1. The lowest BCUT2D eigenvalue weighted by Gasteiger charge is -2.29. The van der Waals surface area contributed by atoms with E-state index in [0.29, 0.717) is 36.5 Å². The summed E-state index contributed by atoms with van der Waals surface area (Å²) in [5, 5.41) is 0. The molecule has 0 aliphatic carbocycles. The quantitative estimate of drug-likeness (QED) is 0.518. The van der Waals surface area contributed by atoms with Gasteiger partial charge in [0.1, 0.15) is 17.1 Å². The molecule has 0 fully saturated rings. The molecule has 0 saturated heterocycles. The Hall–Kier alpha value is -4.13. The van der Waals surface area contributed by atoms with Crippen LogP contribution in [0.5, 0.6) is 11.5 Å². The monoisotopic (exact) mass is 471 g/mol. The maximum Gasteiger partial charge on any atom is 0.410 e. The second kappa shape index (κ2) is 10.0. The van der Waals surface area contributed by atoms with Crippen molar-refractivity contribution in [2.45, 2.75) is 32.8 Å². The van der Waals surface area contributed by atoms with E-state index in [0.717, 1.165) is 22.6 Å². The molecule has 180 valence electrons. The molecule has 0 spiro atoms. The van der Waals surface area contributed by atoms with E-state index in [4.69, 9.17) is 20.2 Å². The Labute approximate surface area is 205 Å². The van der Waals surface area contributed by atoms with Crippen LogP contribution in [0.15, 0.2) is 72.8 Å². The third kappa shape index (κ3) is 6.06. The molecule has 1 aliphatic heterocycles. The number of hydrogen-bond acceptors (Lipinski definition) is 5. The van der Waals surface area contributed by atoms with E-state index in [1.54, 1.807) is 17.0 Å². The Balaban J connectivity index is 1.56. The van der Waals surface area contributed by atoms with E-state index in [-0.39, 0.29) is 6.09 Å². The molecular formula is C28H29N3O4. The van der Waals surface area contributed by atoms with Crippen molar-refractivity contribution in [3.8, 4) is 22.8 Å². The highest BCUT2D eigenvalue weighted by Crippen LogP contribution is 2.30. The minimum absolute atomic E-state index is 0.330. The van der Waals surface area contributed by atoms with Crippen molar-refractivity contribution < 1.29 is 19.1 Å². The van der Waals surface area contributed by atoms with Gasteiger partial charge in [0.2, 0.25) is 0 Å². The lowest BCUT2D eigenvalue weighted by atomic mass is 10.00. The topological polar surface area (TPSA) is 94.8 Å². The van der Waals surface area contributed by atoms with Crippen LogP contribution < -0.4 is 10.5 Å². The van der Waals surface area contributed by atoms with E-state index >= 15 is 0 Å². The summed E-state index contributed by atoms with van der Waals surface area (Å²) in [4.78, 5) is 30.9. The van der Waals surface area contributed by atoms with Gasteiger partial charge in [0.15, 0.2) is 0 Å². The van der Waals surface area contributed by atoms with Gasteiger partial charge in [0, 0.05) is 18.7 Å². The zero-order valence-corrected chi connectivity index (χ0v) is 20.2. The number of aromatic nitrogens is 1. The molecule has 0 unspecified atom stereocenters. The highest BCUT2D eigenvalue weighted by atomic mass is 16.6. The van der Waals surface area contributed by atoms with Gasteiger partial charge >= 0.3 is 6.09 Å². The number of pyridine rings is 1. The van der Waals surface area contributed by atoms with Gasteiger partial charge in [0.05, 0.1) is 17.0 Å². The summed E-state index contributed by atoms with van der Waals surface area (Å²) >= 11 is 0. The number of benzene rings is 2. The zero-order valence-electron chi connectivity index (χ0n) is 20.2. The van der Waals surface area contributed by atoms with Crippen LogP contribution in [0.3, 0.4) is 0 Å². The molecular weight excluding hydrogens is 442 g/mol. The summed E-state index contributed by atoms with van der Waals surface area (Å²) < 4.78 is 11.3. The molecule has 3 aromatic rings. The standard InChI is InChI=1S/C28H29N3O4/c1-28(2,3)35-27(33)31-17-15-19(16-18-31)24-14-13-23(26(29)32)25(30-24)20-9-11-22(12-10-20)34-21-7-5-4-6-8-21/h4-15H,16-18H2,1-3H3,(H2,29,32). The summed E-state index contributed by atoms with van der Waals surface area (Å²) in [5.74, 6) is 0.870. The van der Waals surface area contributed by atoms with Crippen LogP contribution in [0.4, 0.5) is 4.79 Å². The van der Waals surface area contributed by atoms with Gasteiger partial charge in [-0.3, -0.25) is 4.79 Å². The van der Waals surface area contributed by atoms with Crippen LogP contribution in [0.1, 0.15) is 43.2 Å². The highest BCUT2D eigenvalue weighted by Gasteiger charge is 2.24. The first-order chi connectivity index (χ1) is 16.7. The molecule has 7 heteroatoms. The summed E-state index contributed by atoms with van der Waals surface area (Å²) in [6.45, 7) is 6.51. The van der Waals surface area contributed by atoms with Gasteiger partial charge in [-0.15, -0.1) is 0 Å². The lowest BCUT2D eigenvalue weighted by molar-refractivity contribution is 0.0270. The fourth-order valence-corrected chi connectivity index (χ4v) is 3.76. The van der Waals surface area contributed by atoms with E-state index in [2.05, 4.69) is 0 Å². The Bertz CT molecular complexity index is 1250. The van der Waals surface area contributed by atoms with Crippen molar-refractivity contribution >= 4 is 17.6 Å². The zero-order chi connectivity index (χ0) is 25.0. The molecule has 7 nitrogen and oxygen atoms in total. The molecule has 2 amide bonds. The smallest absolute Gasteiger partial charge is 0.410 e. The first kappa shape index (κ1) is 24.0. The number of primary amides is 1. The van der Waals surface area contributed by atoms with Crippen LogP contribution in [-0.2, 0) is 4.74 Å². The Morgan fingerprint density at radius 2 is 1.63 bits per heavy atom. The first-order valence-corrected chi connectivity index (χ1v) is 11.5. The molecule has 2 aromatic carbocycles. The highest BCUT2D eigenvalue weighted by molar-refractivity contribution is 5.99. The van der Waals surface area contributed by atoms with Crippen molar-refractivity contribution in [3.05, 3.63) is 84.1 Å². The number of ether oxygens (including phenoxy) is 2. The molecule has 0 saturated carbocycles. The SMILES string of the molecule is CC(C)(C)OC(=O)N1CC=C(c2ccc(C(N)=O)c(-c3ccc(Oc4ccccc4)cc3)n2)CC1. The number of carbonyl (C=O) groups is 2. The van der Waals surface area contributed by atoms with Crippen LogP contribution in [-0.4, -0.2) is 40.6 Å². The third-order valence-electron chi connectivity index (χ3n) is 5.46. The van der Waals surface area contributed by atoms with Gasteiger partial charge < -0.3 is 20.1 Å². The minimum Gasteiger partial charge on any atom is -0.457 e. The summed E-state index contributed by atoms with van der Waals surface area (Å²) in [7, 11) is 0. The largest absolute Gasteiger partial charge is 0.457 e. The predicted molar refractivity (Wildman–Crippen MR) is 135 cm³/mol. The minimum atomic E-state index is -0.544. The number of carbonyl (C=O) groups excluding carboxylic acids is 2. The van der Waals surface area contributed by atoms with Crippen molar-refractivity contribution in [1.82, 2.24) is 9.88 Å². The normalized spacial score (nSPS) is 13.7. The molecule has 1 aliphatic rings. The second-order valence-corrected chi connectivity index (χ2v) is 9.30. The average molecular weight is 472 g/mol. The lowest BCUT2D eigenvalue weighted by Crippen LogP contribution is -2.39. The van der Waals surface area contributed by atoms with Gasteiger partial charge in [-0.05, 0) is 81.3 Å². The van der Waals surface area contributed by atoms with Crippen molar-refractivity contribution in [2.75, 3.05) is 13.1 Å². The van der Waals surface area contributed by atoms with Gasteiger partial charge in [-0.1, -0.05) is 24.3 Å². The molecule has 2 N–H and O–H groups in total. The van der Waals surface area contributed by atoms with E-state index in [1.165, 1.54) is 0 Å². The Kier molecular flexibility index (Phi) is 6.87. The van der Waals surface area contributed by atoms with Gasteiger partial charge in [-0.25, -0.2) is 9.78 Å². The molecule has 2 heterocycles. The van der Waals surface area contributed by atoms with Gasteiger partial charge in [0.25, 0.3) is 5.91 Å². The number of para-hydroxylation sites is 1. The summed E-state index contributed by atoms with van der Waals surface area (Å²) in [6.07, 6.45) is 2.27. The summed E-state index contributed by atoms with van der Waals surface area (Å²) in [5.41, 5.74) is 8.47. The second-order valence-electron chi connectivity index (χ2n) is 9.30. The van der Waals surface area contributed by atoms with Crippen molar-refractivity contribution in [2.24, 2.45) is 5.73 Å². The summed E-state index contributed by atoms with van der Waals surface area (Å²) in [6, 6.07) is 20.4. The molecule has 1 aromatic heterocycles. The maximum absolute atomic E-state index is 12.4. The fraction of sp³-hybridized carbons (Fsp3) is 0.250. The fourth-order valence-electron chi connectivity index (χ4n) is 3.76. The van der Waals surface area contributed by atoms with Crippen LogP contribution in [0.2, 0.25) is 0 Å². The number of nitrogens with zero attached hydrogens (tertiary/aromatic N) is 2. The van der Waals surface area contributed by atoms with Gasteiger partial charge in [-0.2, -0.15) is 0 Å². The Morgan fingerprint density at radius 3 is 2.23 bits per heavy atom. The van der Waals surface area contributed by atoms with E-state index in [1.807, 2.05) is 81.4 Å². The average Bonchev–Trinajstić information content (AvgIpc) is 2.84. The third-order valence-corrected chi connectivity index (χ3v) is 5.46. The first-order valence-electron chi connectivity index (χ1n) is 11.5. The Morgan fingerprint density at radius 1 is 0.943 bits per heavy atom. The van der Waals surface area contributed by atoms with Crippen molar-refractivity contribution in [1.29, 1.82) is 0 Å². The van der Waals surface area contributed by atoms with Crippen LogP contribution in [0.25, 0.3) is 16.8 Å². The molecule has 0 radical (unpaired) electrons. The van der Waals surface area contributed by atoms with Crippen LogP contribution >= 0.6 is 0 Å². The maximum atomic E-state index is 12.4. The molecule has 0 bridgehead atoms. The molecule has 4 rings (SSSR count). The number of rotatable bonds is 5.